The first-order valence-corrected chi connectivity index (χ1v) is 12.2. The van der Waals surface area contributed by atoms with Crippen molar-refractivity contribution >= 4 is 38.9 Å². The molecule has 0 heterocycles. The number of nitrogens with zero attached hydrogens (tertiary/aromatic N) is 1. The van der Waals surface area contributed by atoms with Gasteiger partial charge in [0, 0.05) is 5.02 Å². The summed E-state index contributed by atoms with van der Waals surface area (Å²) in [6, 6.07) is 13.2. The smallest absolute Gasteiger partial charge is 0.418 e. The number of anilines is 2. The lowest BCUT2D eigenvalue weighted by Gasteiger charge is -2.25. The van der Waals surface area contributed by atoms with Gasteiger partial charge >= 0.3 is 6.18 Å². The summed E-state index contributed by atoms with van der Waals surface area (Å²) in [6.07, 6.45) is -4.80. The molecule has 0 aromatic heterocycles. The molecule has 0 saturated heterocycles. The second-order valence-corrected chi connectivity index (χ2v) is 9.87. The van der Waals surface area contributed by atoms with Crippen molar-refractivity contribution in [3.8, 4) is 11.5 Å². The molecule has 0 aliphatic rings. The van der Waals surface area contributed by atoms with Crippen LogP contribution in [0.2, 0.25) is 5.02 Å². The summed E-state index contributed by atoms with van der Waals surface area (Å²) in [7, 11) is -1.68. The van der Waals surface area contributed by atoms with E-state index in [-0.39, 0.29) is 21.4 Å². The Morgan fingerprint density at radius 2 is 1.67 bits per heavy atom. The van der Waals surface area contributed by atoms with E-state index < -0.39 is 39.9 Å². The highest BCUT2D eigenvalue weighted by atomic mass is 35.5. The molecule has 0 radical (unpaired) electrons. The Bertz CT molecular complexity index is 1360. The highest BCUT2D eigenvalue weighted by molar-refractivity contribution is 7.93. The largest absolute Gasteiger partial charge is 0.497 e. The van der Waals surface area contributed by atoms with Crippen molar-refractivity contribution in [2.24, 2.45) is 0 Å². The molecule has 0 atom stereocenters. The first-order valence-electron chi connectivity index (χ1n) is 10.3. The van der Waals surface area contributed by atoms with Crippen LogP contribution in [-0.4, -0.2) is 35.1 Å². The average Bonchev–Trinajstić information content (AvgIpc) is 2.83. The number of alkyl halides is 3. The van der Waals surface area contributed by atoms with E-state index in [0.717, 1.165) is 10.4 Å². The number of benzene rings is 3. The summed E-state index contributed by atoms with van der Waals surface area (Å²) in [5, 5.41) is 1.98. The first-order chi connectivity index (χ1) is 16.9. The van der Waals surface area contributed by atoms with Crippen LogP contribution in [0, 0.1) is 6.92 Å². The van der Waals surface area contributed by atoms with Crippen LogP contribution in [0.15, 0.2) is 65.6 Å². The van der Waals surface area contributed by atoms with Gasteiger partial charge in [-0.1, -0.05) is 17.7 Å². The molecule has 7 nitrogen and oxygen atoms in total. The average molecular weight is 543 g/mol. The van der Waals surface area contributed by atoms with Crippen molar-refractivity contribution in [1.29, 1.82) is 0 Å². The van der Waals surface area contributed by atoms with Gasteiger partial charge in [-0.25, -0.2) is 8.42 Å². The van der Waals surface area contributed by atoms with Gasteiger partial charge in [-0.05, 0) is 67.1 Å². The van der Waals surface area contributed by atoms with E-state index >= 15 is 0 Å². The third kappa shape index (κ3) is 6.03. The highest BCUT2D eigenvalue weighted by Gasteiger charge is 2.35. The van der Waals surface area contributed by atoms with Crippen LogP contribution in [0.4, 0.5) is 24.5 Å². The second-order valence-electron chi connectivity index (χ2n) is 7.60. The maximum absolute atomic E-state index is 13.7. The summed E-state index contributed by atoms with van der Waals surface area (Å²) in [5.41, 5.74) is -1.02. The molecule has 0 unspecified atom stereocenters. The standard InChI is InChI=1S/C24H22ClF3N2O5S/c1-15-4-11-21(35-3)22(12-15)36(32,33)30(17-6-8-18(34-2)9-7-17)14-23(31)29-20-10-5-16(25)13-19(20)24(26,27)28/h4-13H,14H2,1-3H3,(H,29,31). The lowest BCUT2D eigenvalue weighted by atomic mass is 10.1. The topological polar surface area (TPSA) is 84.9 Å². The molecule has 1 amide bonds. The first kappa shape index (κ1) is 27.2. The van der Waals surface area contributed by atoms with Gasteiger partial charge in [0.2, 0.25) is 5.91 Å². The normalized spacial score (nSPS) is 11.6. The third-order valence-corrected chi connectivity index (χ3v) is 7.13. The number of hydrogen-bond donors (Lipinski definition) is 1. The fourth-order valence-corrected chi connectivity index (χ4v) is 5.18. The minimum atomic E-state index is -4.80. The van der Waals surface area contributed by atoms with E-state index in [0.29, 0.717) is 17.4 Å². The van der Waals surface area contributed by atoms with Crippen LogP contribution >= 0.6 is 11.6 Å². The van der Waals surface area contributed by atoms with Crippen molar-refractivity contribution in [2.45, 2.75) is 18.0 Å². The predicted molar refractivity (Wildman–Crippen MR) is 130 cm³/mol. The minimum Gasteiger partial charge on any atom is -0.497 e. The van der Waals surface area contributed by atoms with Crippen LogP contribution in [-0.2, 0) is 21.0 Å². The lowest BCUT2D eigenvalue weighted by Crippen LogP contribution is -2.38. The van der Waals surface area contributed by atoms with Gasteiger partial charge in [-0.3, -0.25) is 9.10 Å². The number of carbonyl (C=O) groups excluding carboxylic acids is 1. The molecule has 1 N–H and O–H groups in total. The molecular formula is C24H22ClF3N2O5S. The molecule has 192 valence electrons. The lowest BCUT2D eigenvalue weighted by molar-refractivity contribution is -0.137. The Morgan fingerprint density at radius 3 is 2.25 bits per heavy atom. The number of halogens is 4. The Hall–Kier alpha value is -3.44. The molecule has 3 rings (SSSR count). The highest BCUT2D eigenvalue weighted by Crippen LogP contribution is 2.37. The SMILES string of the molecule is COc1ccc(N(CC(=O)Nc2ccc(Cl)cc2C(F)(F)F)S(=O)(=O)c2cc(C)ccc2OC)cc1. The van der Waals surface area contributed by atoms with E-state index in [4.69, 9.17) is 21.1 Å². The Balaban J connectivity index is 2.05. The molecule has 0 fully saturated rings. The van der Waals surface area contributed by atoms with Crippen molar-refractivity contribution in [3.05, 3.63) is 76.8 Å². The molecule has 0 aliphatic heterocycles. The minimum absolute atomic E-state index is 0.0385. The van der Waals surface area contributed by atoms with Gasteiger partial charge in [0.1, 0.15) is 22.9 Å². The van der Waals surface area contributed by atoms with E-state index in [9.17, 15) is 26.4 Å². The molecule has 3 aromatic rings. The maximum Gasteiger partial charge on any atom is 0.418 e. The summed E-state index contributed by atoms with van der Waals surface area (Å²) in [5.74, 6) is -0.532. The fraction of sp³-hybridized carbons (Fsp3) is 0.208. The van der Waals surface area contributed by atoms with Gasteiger partial charge in [0.05, 0.1) is 31.2 Å². The zero-order valence-corrected chi connectivity index (χ0v) is 21.0. The number of ether oxygens (including phenoxy) is 2. The van der Waals surface area contributed by atoms with Gasteiger partial charge in [-0.2, -0.15) is 13.2 Å². The van der Waals surface area contributed by atoms with Gasteiger partial charge in [-0.15, -0.1) is 0 Å². The number of rotatable bonds is 8. The van der Waals surface area contributed by atoms with Crippen LogP contribution in [0.5, 0.6) is 11.5 Å². The van der Waals surface area contributed by atoms with Crippen molar-refractivity contribution < 1.29 is 35.9 Å². The van der Waals surface area contributed by atoms with Crippen LogP contribution in [0.25, 0.3) is 0 Å². The van der Waals surface area contributed by atoms with Crippen molar-refractivity contribution in [3.63, 3.8) is 0 Å². The van der Waals surface area contributed by atoms with Crippen molar-refractivity contribution in [2.75, 3.05) is 30.4 Å². The van der Waals surface area contributed by atoms with Gasteiger partial charge in [0.25, 0.3) is 10.0 Å². The fourth-order valence-electron chi connectivity index (χ4n) is 3.35. The molecule has 36 heavy (non-hydrogen) atoms. The number of methoxy groups -OCH3 is 2. The molecular weight excluding hydrogens is 521 g/mol. The number of nitrogens with one attached hydrogen (secondary N) is 1. The Kier molecular flexibility index (Phi) is 8.05. The van der Waals surface area contributed by atoms with E-state index in [1.54, 1.807) is 13.0 Å². The van der Waals surface area contributed by atoms with Gasteiger partial charge in [0.15, 0.2) is 0 Å². The van der Waals surface area contributed by atoms with E-state index in [1.165, 1.54) is 56.7 Å². The van der Waals surface area contributed by atoms with Crippen LogP contribution in [0.1, 0.15) is 11.1 Å². The van der Waals surface area contributed by atoms with Crippen LogP contribution < -0.4 is 19.1 Å². The number of hydrogen-bond acceptors (Lipinski definition) is 5. The molecule has 3 aromatic carbocycles. The summed E-state index contributed by atoms with van der Waals surface area (Å²) >= 11 is 5.70. The summed E-state index contributed by atoms with van der Waals surface area (Å²) < 4.78 is 78.9. The Labute approximate surface area is 211 Å². The zero-order valence-electron chi connectivity index (χ0n) is 19.4. The molecule has 0 bridgehead atoms. The predicted octanol–water partition coefficient (Wildman–Crippen LogP) is 5.52. The third-order valence-electron chi connectivity index (χ3n) is 5.10. The summed E-state index contributed by atoms with van der Waals surface area (Å²) in [4.78, 5) is 12.7. The van der Waals surface area contributed by atoms with E-state index in [1.807, 2.05) is 0 Å². The summed E-state index contributed by atoms with van der Waals surface area (Å²) in [6.45, 7) is 0.855. The van der Waals surface area contributed by atoms with E-state index in [2.05, 4.69) is 5.32 Å². The Morgan fingerprint density at radius 1 is 1.00 bits per heavy atom. The van der Waals surface area contributed by atoms with Crippen LogP contribution in [0.3, 0.4) is 0 Å². The maximum atomic E-state index is 13.7. The number of amides is 1. The van der Waals surface area contributed by atoms with Crippen molar-refractivity contribution in [1.82, 2.24) is 0 Å². The molecule has 0 spiro atoms. The number of aryl methyl sites for hydroxylation is 1. The molecule has 12 heteroatoms. The zero-order chi connectivity index (χ0) is 26.7. The number of sulfonamides is 1. The molecule has 0 saturated carbocycles. The number of carbonyl (C=O) groups is 1. The van der Waals surface area contributed by atoms with Gasteiger partial charge < -0.3 is 14.8 Å². The molecule has 0 aliphatic carbocycles. The quantitative estimate of drug-likeness (QED) is 0.405. The monoisotopic (exact) mass is 542 g/mol. The second kappa shape index (κ2) is 10.7.